The minimum atomic E-state index is -0.778. The minimum absolute atomic E-state index is 0.128. The van der Waals surface area contributed by atoms with E-state index in [1.54, 1.807) is 72.0 Å². The number of methoxy groups -OCH3 is 6. The average molecular weight is 691 g/mol. The fourth-order valence-corrected chi connectivity index (χ4v) is 5.43. The number of aromatic nitrogens is 4. The van der Waals surface area contributed by atoms with Crippen LogP contribution in [0.2, 0.25) is 0 Å². The summed E-state index contributed by atoms with van der Waals surface area (Å²) in [4.78, 5) is 22.3. The lowest BCUT2D eigenvalue weighted by atomic mass is 10.0. The summed E-state index contributed by atoms with van der Waals surface area (Å²) >= 11 is 0. The number of ether oxygens (including phenoxy) is 6. The van der Waals surface area contributed by atoms with Crippen LogP contribution in [0.25, 0.3) is 50.4 Å². The Kier molecular flexibility index (Phi) is 10.7. The summed E-state index contributed by atoms with van der Waals surface area (Å²) < 4.78 is 32.2. The van der Waals surface area contributed by atoms with Crippen LogP contribution >= 0.6 is 0 Å². The van der Waals surface area contributed by atoms with Crippen molar-refractivity contribution in [3.8, 4) is 63.1 Å². The first-order chi connectivity index (χ1) is 24.7. The van der Waals surface area contributed by atoms with Crippen molar-refractivity contribution in [3.05, 3.63) is 77.4 Å². The highest BCUT2D eigenvalue weighted by atomic mass is 16.5. The monoisotopic (exact) mass is 690 g/mol. The molecule has 0 bridgehead atoms. The van der Waals surface area contributed by atoms with Gasteiger partial charge in [-0.25, -0.2) is 0 Å². The van der Waals surface area contributed by atoms with Crippen LogP contribution in [0.1, 0.15) is 15.9 Å². The number of aldehydes is 1. The van der Waals surface area contributed by atoms with Gasteiger partial charge < -0.3 is 34.2 Å². The van der Waals surface area contributed by atoms with E-state index in [1.807, 2.05) is 30.3 Å². The number of carbonyl (C=O) groups is 2. The molecule has 51 heavy (non-hydrogen) atoms. The fourth-order valence-electron chi connectivity index (χ4n) is 5.43. The number of nitrogens with zero attached hydrogens (tertiary/aromatic N) is 3. The Bertz CT molecular complexity index is 2270. The van der Waals surface area contributed by atoms with Crippen LogP contribution in [0.5, 0.6) is 34.5 Å². The van der Waals surface area contributed by atoms with Gasteiger partial charge in [-0.3, -0.25) is 19.8 Å². The number of primary amides is 1. The maximum absolute atomic E-state index is 11.3. The fraction of sp³-hybridized carbons (Fsp3) is 0.162. The van der Waals surface area contributed by atoms with Crippen LogP contribution in [0.3, 0.4) is 0 Å². The molecule has 4 aromatic carbocycles. The van der Waals surface area contributed by atoms with Gasteiger partial charge in [-0.05, 0) is 66.2 Å². The van der Waals surface area contributed by atoms with Crippen molar-refractivity contribution in [3.63, 3.8) is 0 Å². The second-order valence-corrected chi connectivity index (χ2v) is 10.7. The van der Waals surface area contributed by atoms with Gasteiger partial charge in [0.1, 0.15) is 29.3 Å². The molecule has 0 spiro atoms. The van der Waals surface area contributed by atoms with Crippen molar-refractivity contribution in [2.75, 3.05) is 42.7 Å². The summed E-state index contributed by atoms with van der Waals surface area (Å²) in [7, 11) is 9.30. The third-order valence-corrected chi connectivity index (χ3v) is 7.88. The molecule has 2 aromatic heterocycles. The van der Waals surface area contributed by atoms with Crippen LogP contribution in [-0.2, 0) is 4.79 Å². The summed E-state index contributed by atoms with van der Waals surface area (Å²) in [5.74, 6) is 2.33. The number of amides is 1. The number of aromatic amines is 2. The number of nitriles is 1. The molecule has 0 aliphatic rings. The van der Waals surface area contributed by atoms with Crippen LogP contribution in [0.4, 0.5) is 0 Å². The molecular formula is C37H34N6O8. The number of nitrogens with two attached hydrogens (primary N) is 1. The molecule has 6 aromatic rings. The van der Waals surface area contributed by atoms with Crippen molar-refractivity contribution in [2.24, 2.45) is 5.73 Å². The Hall–Kier alpha value is -7.01. The summed E-state index contributed by atoms with van der Waals surface area (Å²) in [5, 5.41) is 25.4. The van der Waals surface area contributed by atoms with Crippen LogP contribution < -0.4 is 34.2 Å². The van der Waals surface area contributed by atoms with Gasteiger partial charge in [0, 0.05) is 27.5 Å². The lowest BCUT2D eigenvalue weighted by Gasteiger charge is -2.13. The summed E-state index contributed by atoms with van der Waals surface area (Å²) in [5.41, 5.74) is 10.9. The maximum atomic E-state index is 11.3. The molecule has 14 nitrogen and oxygen atoms in total. The zero-order valence-corrected chi connectivity index (χ0v) is 28.6. The highest BCUT2D eigenvalue weighted by molar-refractivity contribution is 6.02. The topological polar surface area (TPSA) is 197 Å². The minimum Gasteiger partial charge on any atom is -0.493 e. The van der Waals surface area contributed by atoms with Gasteiger partial charge >= 0.3 is 0 Å². The highest BCUT2D eigenvalue weighted by Crippen LogP contribution is 2.43. The normalized spacial score (nSPS) is 10.9. The van der Waals surface area contributed by atoms with Crippen LogP contribution in [-0.4, -0.2) is 75.2 Å². The Morgan fingerprint density at radius 2 is 1.08 bits per heavy atom. The Morgan fingerprint density at radius 1 is 0.667 bits per heavy atom. The Morgan fingerprint density at radius 3 is 1.43 bits per heavy atom. The molecule has 6 rings (SSSR count). The molecule has 0 fully saturated rings. The SMILES string of the molecule is COc1cc(-c2n[nH]c3ccc(/C=C(\C#N)C(N)=O)cc23)cc(OC)c1OC.COc1cc(-c2n[nH]c3ccc(C=O)cc23)cc(OC)c1OC. The molecule has 260 valence electrons. The Balaban J connectivity index is 0.000000201. The number of nitrogens with one attached hydrogen (secondary N) is 2. The lowest BCUT2D eigenvalue weighted by molar-refractivity contribution is -0.114. The zero-order valence-electron chi connectivity index (χ0n) is 28.6. The predicted molar refractivity (Wildman–Crippen MR) is 191 cm³/mol. The maximum Gasteiger partial charge on any atom is 0.259 e. The van der Waals surface area contributed by atoms with E-state index in [1.165, 1.54) is 13.2 Å². The molecule has 0 saturated carbocycles. The second-order valence-electron chi connectivity index (χ2n) is 10.7. The van der Waals surface area contributed by atoms with Crippen molar-refractivity contribution in [1.82, 2.24) is 20.4 Å². The van der Waals surface area contributed by atoms with E-state index in [-0.39, 0.29) is 5.57 Å². The van der Waals surface area contributed by atoms with Crippen molar-refractivity contribution >= 4 is 40.1 Å². The summed E-state index contributed by atoms with van der Waals surface area (Å²) in [6.07, 6.45) is 2.25. The van der Waals surface area contributed by atoms with Gasteiger partial charge in [-0.2, -0.15) is 15.5 Å². The van der Waals surface area contributed by atoms with Gasteiger partial charge in [0.2, 0.25) is 11.5 Å². The number of carbonyl (C=O) groups excluding carboxylic acids is 2. The number of H-pyrrole nitrogens is 2. The number of hydrogen-bond acceptors (Lipinski definition) is 11. The van der Waals surface area contributed by atoms with Gasteiger partial charge in [0.25, 0.3) is 5.91 Å². The van der Waals surface area contributed by atoms with Gasteiger partial charge in [0.15, 0.2) is 23.0 Å². The molecule has 1 amide bonds. The highest BCUT2D eigenvalue weighted by Gasteiger charge is 2.19. The zero-order chi connectivity index (χ0) is 36.7. The van der Waals surface area contributed by atoms with Gasteiger partial charge in [-0.1, -0.05) is 6.07 Å². The molecule has 14 heteroatoms. The van der Waals surface area contributed by atoms with Crippen LogP contribution in [0.15, 0.2) is 66.2 Å². The molecule has 0 unspecified atom stereocenters. The van der Waals surface area contributed by atoms with Gasteiger partial charge in [-0.15, -0.1) is 0 Å². The first-order valence-electron chi connectivity index (χ1n) is 15.2. The molecule has 0 aliphatic carbocycles. The van der Waals surface area contributed by atoms with E-state index in [2.05, 4.69) is 20.4 Å². The van der Waals surface area contributed by atoms with Gasteiger partial charge in [0.05, 0.1) is 53.7 Å². The summed E-state index contributed by atoms with van der Waals surface area (Å²) in [6, 6.07) is 19.8. The van der Waals surface area contributed by atoms with Crippen molar-refractivity contribution < 1.29 is 38.0 Å². The molecule has 0 saturated heterocycles. The van der Waals surface area contributed by atoms with Crippen molar-refractivity contribution in [1.29, 1.82) is 5.26 Å². The van der Waals surface area contributed by atoms with E-state index < -0.39 is 5.91 Å². The number of hydrogen-bond donors (Lipinski definition) is 3. The quantitative estimate of drug-likeness (QED) is 0.0855. The Labute approximate surface area is 292 Å². The van der Waals surface area contributed by atoms with E-state index in [4.69, 9.17) is 39.4 Å². The number of benzene rings is 4. The first kappa shape index (κ1) is 35.3. The molecular weight excluding hydrogens is 656 g/mol. The van der Waals surface area contributed by atoms with E-state index >= 15 is 0 Å². The standard InChI is InChI=1S/C20H18N4O4.C17H16N2O4/c1-26-16-8-12(9-17(27-2)19(16)28-3)18-14-7-11(4-5-15(14)23-24-18)6-13(10-21)20(22)25;1-21-14-7-11(8-15(22-2)17(14)23-3)16-12-6-10(9-20)4-5-13(12)18-19-16/h4-9H,1-3H3,(H2,22,25)(H,23,24);4-9H,1-3H3,(H,18,19)/b13-6+;. The van der Waals surface area contributed by atoms with Crippen LogP contribution in [0, 0.1) is 11.3 Å². The molecule has 2 heterocycles. The molecule has 0 radical (unpaired) electrons. The second kappa shape index (κ2) is 15.5. The first-order valence-corrected chi connectivity index (χ1v) is 15.2. The summed E-state index contributed by atoms with van der Waals surface area (Å²) in [6.45, 7) is 0. The lowest BCUT2D eigenvalue weighted by Crippen LogP contribution is -2.12. The van der Waals surface area contributed by atoms with E-state index in [9.17, 15) is 9.59 Å². The molecule has 0 aliphatic heterocycles. The smallest absolute Gasteiger partial charge is 0.259 e. The third-order valence-electron chi connectivity index (χ3n) is 7.88. The third kappa shape index (κ3) is 7.08. The number of fused-ring (bicyclic) bond motifs is 2. The predicted octanol–water partition coefficient (Wildman–Crippen LogP) is 5.72. The largest absolute Gasteiger partial charge is 0.493 e. The van der Waals surface area contributed by atoms with E-state index in [0.717, 1.165) is 39.2 Å². The number of rotatable bonds is 11. The van der Waals surface area contributed by atoms with Crippen molar-refractivity contribution in [2.45, 2.75) is 0 Å². The van der Waals surface area contributed by atoms with E-state index in [0.29, 0.717) is 57.0 Å². The average Bonchev–Trinajstić information content (AvgIpc) is 3.79. The molecule has 0 atom stereocenters. The molecule has 4 N–H and O–H groups in total.